The Bertz CT molecular complexity index is 1290. The van der Waals surface area contributed by atoms with Gasteiger partial charge in [0.1, 0.15) is 18.0 Å². The number of halogens is 1. The van der Waals surface area contributed by atoms with Crippen molar-refractivity contribution >= 4 is 5.78 Å². The first kappa shape index (κ1) is 27.7. The number of ether oxygens (including phenoxy) is 2. The summed E-state index contributed by atoms with van der Waals surface area (Å²) in [5.41, 5.74) is 1.62. The van der Waals surface area contributed by atoms with E-state index in [0.29, 0.717) is 28.5 Å². The molecule has 0 aliphatic carbocycles. The maximum Gasteiger partial charge on any atom is 0.163 e. The topological polar surface area (TPSA) is 101 Å². The summed E-state index contributed by atoms with van der Waals surface area (Å²) < 4.78 is 24.4. The van der Waals surface area contributed by atoms with E-state index in [9.17, 15) is 19.4 Å². The highest BCUT2D eigenvalue weighted by Crippen LogP contribution is 2.36. The van der Waals surface area contributed by atoms with E-state index in [1.54, 1.807) is 44.2 Å². The molecule has 0 amide bonds. The van der Waals surface area contributed by atoms with Gasteiger partial charge in [-0.2, -0.15) is 0 Å². The normalized spacial score (nSPS) is 19.2. The van der Waals surface area contributed by atoms with Crippen molar-refractivity contribution < 1.29 is 28.9 Å². The molecule has 202 valence electrons. The van der Waals surface area contributed by atoms with Crippen molar-refractivity contribution in [2.45, 2.75) is 57.3 Å². The average Bonchev–Trinajstić information content (AvgIpc) is 2.89. The van der Waals surface area contributed by atoms with Gasteiger partial charge in [-0.15, -0.1) is 0 Å². The third-order valence-corrected chi connectivity index (χ3v) is 7.10. The number of methoxy groups -OCH3 is 1. The van der Waals surface area contributed by atoms with Gasteiger partial charge in [0.05, 0.1) is 24.6 Å². The zero-order chi connectivity index (χ0) is 27.5. The van der Waals surface area contributed by atoms with E-state index in [0.717, 1.165) is 24.1 Å². The Balaban J connectivity index is 1.56. The number of Topliss-reactive ketones (excluding diaryl/α,β-unsaturated/α-hetero) is 1. The quantitative estimate of drug-likeness (QED) is 0.313. The Morgan fingerprint density at radius 2 is 1.89 bits per heavy atom. The highest BCUT2D eigenvalue weighted by atomic mass is 19.1. The van der Waals surface area contributed by atoms with Crippen LogP contribution in [0.5, 0.6) is 11.5 Å². The number of hydrogen-bond acceptors (Lipinski definition) is 7. The molecule has 3 N–H and O–H groups in total. The number of hydrogen-bond donors (Lipinski definition) is 3. The van der Waals surface area contributed by atoms with E-state index >= 15 is 0 Å². The summed E-state index contributed by atoms with van der Waals surface area (Å²) in [6.45, 7) is 6.38. The third-order valence-electron chi connectivity index (χ3n) is 7.10. The number of nitrogens with zero attached hydrogens (tertiary/aromatic N) is 1. The molecular formula is C30H35FN2O5. The summed E-state index contributed by atoms with van der Waals surface area (Å²) in [5.74, 6) is 0.336. The summed E-state index contributed by atoms with van der Waals surface area (Å²) in [6.07, 6.45) is 0.537. The second kappa shape index (κ2) is 11.2. The van der Waals surface area contributed by atoms with Gasteiger partial charge in [-0.1, -0.05) is 0 Å². The van der Waals surface area contributed by atoms with Crippen molar-refractivity contribution in [1.29, 1.82) is 0 Å². The lowest BCUT2D eigenvalue weighted by molar-refractivity contribution is 0.0395. The summed E-state index contributed by atoms with van der Waals surface area (Å²) in [4.78, 5) is 17.8. The minimum Gasteiger partial charge on any atom is -0.493 e. The molecule has 0 radical (unpaired) electrons. The number of aromatic nitrogens is 1. The minimum absolute atomic E-state index is 0.0807. The maximum absolute atomic E-state index is 13.5. The molecule has 1 saturated heterocycles. The molecule has 3 aromatic rings. The summed E-state index contributed by atoms with van der Waals surface area (Å²) in [5, 5.41) is 24.4. The summed E-state index contributed by atoms with van der Waals surface area (Å²) in [7, 11) is 1.48. The van der Waals surface area contributed by atoms with Crippen LogP contribution in [0.25, 0.3) is 11.3 Å². The van der Waals surface area contributed by atoms with Gasteiger partial charge in [-0.05, 0) is 100 Å². The van der Waals surface area contributed by atoms with Gasteiger partial charge in [0.25, 0.3) is 0 Å². The molecule has 1 fully saturated rings. The van der Waals surface area contributed by atoms with Crippen LogP contribution in [0.15, 0.2) is 54.6 Å². The van der Waals surface area contributed by atoms with Crippen molar-refractivity contribution in [3.63, 3.8) is 0 Å². The third kappa shape index (κ3) is 6.20. The number of rotatable bonds is 11. The SMILES string of the molecule is COc1cc(C(=O)CCC(C)(O)c2cc(C3(C)CCN3)cc(-c3ccc(F)cc3)n2)ccc1OCC(C)O. The fraction of sp³-hybridized carbons (Fsp3) is 0.400. The van der Waals surface area contributed by atoms with E-state index in [1.807, 2.05) is 12.1 Å². The van der Waals surface area contributed by atoms with Crippen molar-refractivity contribution in [3.8, 4) is 22.8 Å². The Kier molecular flexibility index (Phi) is 8.16. The van der Waals surface area contributed by atoms with Crippen LogP contribution in [0, 0.1) is 5.82 Å². The first-order valence-corrected chi connectivity index (χ1v) is 12.8. The molecule has 7 nitrogen and oxygen atoms in total. The Morgan fingerprint density at radius 1 is 1.18 bits per heavy atom. The molecule has 2 heterocycles. The Hall–Kier alpha value is -3.33. The fourth-order valence-corrected chi connectivity index (χ4v) is 4.44. The largest absolute Gasteiger partial charge is 0.493 e. The molecule has 3 unspecified atom stereocenters. The number of aliphatic hydroxyl groups excluding tert-OH is 1. The monoisotopic (exact) mass is 522 g/mol. The molecule has 1 aliphatic rings. The summed E-state index contributed by atoms with van der Waals surface area (Å²) >= 11 is 0. The standard InChI is InChI=1S/C30H35FN2O5/c1-19(34)18-38-26-10-7-21(15-27(26)37-4)25(35)11-12-30(3,36)28-17-22(29(2)13-14-32-29)16-24(33-28)20-5-8-23(31)9-6-20/h5-10,15-17,19,32,34,36H,11-14,18H2,1-4H3. The number of nitrogens with one attached hydrogen (secondary N) is 1. The van der Waals surface area contributed by atoms with Gasteiger partial charge < -0.3 is 25.0 Å². The molecule has 0 saturated carbocycles. The number of aliphatic hydroxyl groups is 2. The van der Waals surface area contributed by atoms with Gasteiger partial charge in [0.2, 0.25) is 0 Å². The number of carbonyl (C=O) groups excluding carboxylic acids is 1. The zero-order valence-electron chi connectivity index (χ0n) is 22.3. The highest BCUT2D eigenvalue weighted by Gasteiger charge is 2.36. The molecule has 1 aromatic heterocycles. The minimum atomic E-state index is -1.38. The fourth-order valence-electron chi connectivity index (χ4n) is 4.44. The molecule has 8 heteroatoms. The van der Waals surface area contributed by atoms with E-state index in [4.69, 9.17) is 14.5 Å². The lowest BCUT2D eigenvalue weighted by atomic mass is 9.81. The first-order valence-electron chi connectivity index (χ1n) is 12.8. The van der Waals surface area contributed by atoms with Crippen LogP contribution in [-0.4, -0.2) is 47.3 Å². The molecule has 1 aliphatic heterocycles. The highest BCUT2D eigenvalue weighted by molar-refractivity contribution is 5.96. The number of ketones is 1. The van der Waals surface area contributed by atoms with Crippen molar-refractivity contribution in [2.24, 2.45) is 0 Å². The summed E-state index contributed by atoms with van der Waals surface area (Å²) in [6, 6.07) is 14.9. The Morgan fingerprint density at radius 3 is 2.50 bits per heavy atom. The molecular weight excluding hydrogens is 487 g/mol. The second-order valence-electron chi connectivity index (χ2n) is 10.4. The van der Waals surface area contributed by atoms with Crippen LogP contribution in [-0.2, 0) is 11.1 Å². The predicted octanol–water partition coefficient (Wildman–Crippen LogP) is 4.74. The number of pyridine rings is 1. The molecule has 0 bridgehead atoms. The van der Waals surface area contributed by atoms with Crippen molar-refractivity contribution in [1.82, 2.24) is 10.3 Å². The van der Waals surface area contributed by atoms with Crippen LogP contribution in [0.2, 0.25) is 0 Å². The second-order valence-corrected chi connectivity index (χ2v) is 10.4. The van der Waals surface area contributed by atoms with E-state index in [1.165, 1.54) is 19.2 Å². The first-order chi connectivity index (χ1) is 18.0. The van der Waals surface area contributed by atoms with E-state index < -0.39 is 11.7 Å². The molecule has 2 aromatic carbocycles. The molecule has 3 atom stereocenters. The van der Waals surface area contributed by atoms with Gasteiger partial charge in [-0.25, -0.2) is 9.37 Å². The van der Waals surface area contributed by atoms with Crippen LogP contribution < -0.4 is 14.8 Å². The molecule has 0 spiro atoms. The van der Waals surface area contributed by atoms with Crippen LogP contribution in [0.3, 0.4) is 0 Å². The van der Waals surface area contributed by atoms with Gasteiger partial charge >= 0.3 is 0 Å². The number of benzene rings is 2. The van der Waals surface area contributed by atoms with E-state index in [-0.39, 0.29) is 36.6 Å². The van der Waals surface area contributed by atoms with Crippen LogP contribution in [0.1, 0.15) is 61.6 Å². The molecule has 4 rings (SSSR count). The Labute approximate surface area is 222 Å². The average molecular weight is 523 g/mol. The predicted molar refractivity (Wildman–Crippen MR) is 143 cm³/mol. The molecule has 38 heavy (non-hydrogen) atoms. The van der Waals surface area contributed by atoms with Gasteiger partial charge in [0.15, 0.2) is 17.3 Å². The van der Waals surface area contributed by atoms with Crippen molar-refractivity contribution in [3.05, 3.63) is 77.2 Å². The maximum atomic E-state index is 13.5. The van der Waals surface area contributed by atoms with Crippen LogP contribution >= 0.6 is 0 Å². The van der Waals surface area contributed by atoms with Gasteiger partial charge in [0, 0.05) is 23.1 Å². The lowest BCUT2D eigenvalue weighted by Gasteiger charge is -2.41. The lowest BCUT2D eigenvalue weighted by Crippen LogP contribution is -2.51. The van der Waals surface area contributed by atoms with E-state index in [2.05, 4.69) is 12.2 Å². The smallest absolute Gasteiger partial charge is 0.163 e. The van der Waals surface area contributed by atoms with Gasteiger partial charge in [-0.3, -0.25) is 4.79 Å². The van der Waals surface area contributed by atoms with Crippen LogP contribution in [0.4, 0.5) is 4.39 Å². The van der Waals surface area contributed by atoms with Crippen molar-refractivity contribution in [2.75, 3.05) is 20.3 Å². The number of carbonyl (C=O) groups is 1. The zero-order valence-corrected chi connectivity index (χ0v) is 22.3.